The average molecular weight is 284 g/mol. The minimum atomic E-state index is -0.503. The molecule has 4 nitrogen and oxygen atoms in total. The summed E-state index contributed by atoms with van der Waals surface area (Å²) >= 11 is 0. The number of ether oxygens (including phenoxy) is 2. The van der Waals surface area contributed by atoms with Crippen molar-refractivity contribution in [1.29, 1.82) is 0 Å². The average Bonchev–Trinajstić information content (AvgIpc) is 2.54. The monoisotopic (exact) mass is 284 g/mol. The van der Waals surface area contributed by atoms with Crippen molar-refractivity contribution in [3.8, 4) is 5.75 Å². The molecule has 0 spiro atoms. The summed E-state index contributed by atoms with van der Waals surface area (Å²) in [6.07, 6.45) is 0. The number of para-hydroxylation sites is 1. The largest absolute Gasteiger partial charge is 0.495 e. The molecule has 0 bridgehead atoms. The van der Waals surface area contributed by atoms with Crippen LogP contribution in [0.5, 0.6) is 5.75 Å². The van der Waals surface area contributed by atoms with Gasteiger partial charge in [-0.2, -0.15) is 0 Å². The second-order valence-corrected chi connectivity index (χ2v) is 4.30. The highest BCUT2D eigenvalue weighted by Gasteiger charge is 2.21. The van der Waals surface area contributed by atoms with Crippen molar-refractivity contribution >= 4 is 11.8 Å². The molecule has 0 saturated heterocycles. The smallest absolute Gasteiger partial charge is 0.341 e. The topological polar surface area (TPSA) is 52.6 Å². The standard InChI is InChI=1S/C17H16O4/c1-3-21-17(19)14-11-7-10-13(16(14)20-2)15(18)12-8-5-4-6-9-12/h4-11H,3H2,1-2H3. The molecule has 0 radical (unpaired) electrons. The predicted octanol–water partition coefficient (Wildman–Crippen LogP) is 3.10. The minimum Gasteiger partial charge on any atom is -0.495 e. The number of benzene rings is 2. The van der Waals surface area contributed by atoms with Crippen LogP contribution < -0.4 is 4.74 Å². The van der Waals surface area contributed by atoms with Crippen molar-refractivity contribution in [2.45, 2.75) is 6.92 Å². The number of hydrogen-bond acceptors (Lipinski definition) is 4. The van der Waals surface area contributed by atoms with E-state index >= 15 is 0 Å². The lowest BCUT2D eigenvalue weighted by Gasteiger charge is -2.12. The van der Waals surface area contributed by atoms with Crippen LogP contribution in [-0.2, 0) is 4.74 Å². The molecule has 21 heavy (non-hydrogen) atoms. The van der Waals surface area contributed by atoms with E-state index in [4.69, 9.17) is 9.47 Å². The van der Waals surface area contributed by atoms with Crippen LogP contribution in [0.2, 0.25) is 0 Å². The Balaban J connectivity index is 2.47. The molecule has 0 aliphatic rings. The van der Waals surface area contributed by atoms with E-state index in [1.807, 2.05) is 6.07 Å². The van der Waals surface area contributed by atoms with Gasteiger partial charge in [-0.1, -0.05) is 36.4 Å². The first-order valence-corrected chi connectivity index (χ1v) is 6.63. The maximum Gasteiger partial charge on any atom is 0.341 e. The fourth-order valence-electron chi connectivity index (χ4n) is 2.05. The summed E-state index contributed by atoms with van der Waals surface area (Å²) in [5, 5.41) is 0. The van der Waals surface area contributed by atoms with Gasteiger partial charge in [0.05, 0.1) is 19.3 Å². The molecule has 2 aromatic rings. The van der Waals surface area contributed by atoms with Gasteiger partial charge in [-0.05, 0) is 19.1 Å². The second-order valence-electron chi connectivity index (χ2n) is 4.30. The third kappa shape index (κ3) is 3.11. The number of carbonyl (C=O) groups is 2. The lowest BCUT2D eigenvalue weighted by Crippen LogP contribution is -2.11. The summed E-state index contributed by atoms with van der Waals surface area (Å²) in [5.74, 6) is -0.458. The number of esters is 1. The molecule has 108 valence electrons. The molecule has 4 heteroatoms. The van der Waals surface area contributed by atoms with E-state index in [1.165, 1.54) is 7.11 Å². The van der Waals surface area contributed by atoms with E-state index in [2.05, 4.69) is 0 Å². The third-order valence-corrected chi connectivity index (χ3v) is 3.00. The molecular weight excluding hydrogens is 268 g/mol. The predicted molar refractivity (Wildman–Crippen MR) is 78.8 cm³/mol. The van der Waals surface area contributed by atoms with E-state index in [9.17, 15) is 9.59 Å². The molecule has 0 heterocycles. The SMILES string of the molecule is CCOC(=O)c1cccc(C(=O)c2ccccc2)c1OC. The van der Waals surface area contributed by atoms with Crippen LogP contribution in [0.25, 0.3) is 0 Å². The van der Waals surface area contributed by atoms with Gasteiger partial charge in [0.1, 0.15) is 11.3 Å². The Morgan fingerprint density at radius 1 is 0.952 bits per heavy atom. The van der Waals surface area contributed by atoms with E-state index in [-0.39, 0.29) is 23.7 Å². The molecule has 0 amide bonds. The first-order chi connectivity index (χ1) is 10.2. The first kappa shape index (κ1) is 14.8. The van der Waals surface area contributed by atoms with Crippen LogP contribution in [-0.4, -0.2) is 25.5 Å². The number of rotatable bonds is 5. The zero-order valence-corrected chi connectivity index (χ0v) is 12.0. The number of ketones is 1. The van der Waals surface area contributed by atoms with Gasteiger partial charge in [-0.3, -0.25) is 4.79 Å². The van der Waals surface area contributed by atoms with Crippen molar-refractivity contribution in [2.24, 2.45) is 0 Å². The van der Waals surface area contributed by atoms with Gasteiger partial charge in [-0.15, -0.1) is 0 Å². The summed E-state index contributed by atoms with van der Waals surface area (Å²) < 4.78 is 10.2. The van der Waals surface area contributed by atoms with Gasteiger partial charge in [0.2, 0.25) is 0 Å². The first-order valence-electron chi connectivity index (χ1n) is 6.63. The minimum absolute atomic E-state index is 0.196. The Morgan fingerprint density at radius 3 is 2.24 bits per heavy atom. The van der Waals surface area contributed by atoms with Crippen LogP contribution >= 0.6 is 0 Å². The highest BCUT2D eigenvalue weighted by atomic mass is 16.5. The zero-order valence-electron chi connectivity index (χ0n) is 12.0. The summed E-state index contributed by atoms with van der Waals surface area (Å²) in [7, 11) is 1.43. The molecule has 0 atom stereocenters. The molecule has 0 unspecified atom stereocenters. The Bertz CT molecular complexity index is 647. The van der Waals surface area contributed by atoms with Crippen molar-refractivity contribution < 1.29 is 19.1 Å². The van der Waals surface area contributed by atoms with Crippen molar-refractivity contribution in [3.63, 3.8) is 0 Å². The van der Waals surface area contributed by atoms with Crippen molar-refractivity contribution in [3.05, 3.63) is 65.2 Å². The van der Waals surface area contributed by atoms with Gasteiger partial charge >= 0.3 is 5.97 Å². The van der Waals surface area contributed by atoms with Crippen molar-refractivity contribution in [1.82, 2.24) is 0 Å². The van der Waals surface area contributed by atoms with E-state index < -0.39 is 5.97 Å². The lowest BCUT2D eigenvalue weighted by atomic mass is 10.00. The van der Waals surface area contributed by atoms with Gasteiger partial charge < -0.3 is 9.47 Å². The maximum atomic E-state index is 12.5. The molecule has 0 aliphatic heterocycles. The Morgan fingerprint density at radius 2 is 1.62 bits per heavy atom. The van der Waals surface area contributed by atoms with Crippen LogP contribution in [0.3, 0.4) is 0 Å². The van der Waals surface area contributed by atoms with Gasteiger partial charge in [0.25, 0.3) is 0 Å². The summed E-state index contributed by atoms with van der Waals surface area (Å²) in [4.78, 5) is 24.4. The zero-order chi connectivity index (χ0) is 15.2. The quantitative estimate of drug-likeness (QED) is 0.625. The summed E-state index contributed by atoms with van der Waals surface area (Å²) in [5.41, 5.74) is 1.13. The Labute approximate surface area is 123 Å². The summed E-state index contributed by atoms with van der Waals surface area (Å²) in [6.45, 7) is 1.99. The molecule has 0 fully saturated rings. The van der Waals surface area contributed by atoms with Gasteiger partial charge in [-0.25, -0.2) is 4.79 Å². The molecule has 2 rings (SSSR count). The van der Waals surface area contributed by atoms with E-state index in [0.717, 1.165) is 0 Å². The normalized spacial score (nSPS) is 10.0. The molecule has 0 saturated carbocycles. The number of hydrogen-bond donors (Lipinski definition) is 0. The fraction of sp³-hybridized carbons (Fsp3) is 0.176. The van der Waals surface area contributed by atoms with Gasteiger partial charge in [0.15, 0.2) is 5.78 Å². The number of methoxy groups -OCH3 is 1. The highest BCUT2D eigenvalue weighted by molar-refractivity contribution is 6.12. The Hall–Kier alpha value is -2.62. The number of carbonyl (C=O) groups excluding carboxylic acids is 2. The van der Waals surface area contributed by atoms with Crippen LogP contribution in [0, 0.1) is 0 Å². The van der Waals surface area contributed by atoms with Crippen LogP contribution in [0.1, 0.15) is 33.2 Å². The third-order valence-electron chi connectivity index (χ3n) is 3.00. The van der Waals surface area contributed by atoms with Crippen LogP contribution in [0.15, 0.2) is 48.5 Å². The lowest BCUT2D eigenvalue weighted by molar-refractivity contribution is 0.0522. The Kier molecular flexibility index (Phi) is 4.72. The molecule has 2 aromatic carbocycles. The fourth-order valence-corrected chi connectivity index (χ4v) is 2.05. The maximum absolute atomic E-state index is 12.5. The van der Waals surface area contributed by atoms with Crippen molar-refractivity contribution in [2.75, 3.05) is 13.7 Å². The van der Waals surface area contributed by atoms with Gasteiger partial charge in [0, 0.05) is 5.56 Å². The highest BCUT2D eigenvalue weighted by Crippen LogP contribution is 2.27. The second kappa shape index (κ2) is 6.70. The molecule has 0 aromatic heterocycles. The van der Waals surface area contributed by atoms with E-state index in [1.54, 1.807) is 49.4 Å². The molecular formula is C17H16O4. The molecule has 0 aliphatic carbocycles. The summed E-state index contributed by atoms with van der Waals surface area (Å²) in [6, 6.07) is 13.7. The molecule has 0 N–H and O–H groups in total. The van der Waals surface area contributed by atoms with Crippen LogP contribution in [0.4, 0.5) is 0 Å². The van der Waals surface area contributed by atoms with E-state index in [0.29, 0.717) is 11.1 Å².